The largest absolute Gasteiger partial charge is 0.382 e. The fourth-order valence-corrected chi connectivity index (χ4v) is 0.793. The van der Waals surface area contributed by atoms with E-state index in [-0.39, 0.29) is 5.41 Å². The van der Waals surface area contributed by atoms with Crippen molar-refractivity contribution >= 4 is 11.6 Å². The third-order valence-electron chi connectivity index (χ3n) is 1.72. The van der Waals surface area contributed by atoms with Gasteiger partial charge in [-0.3, -0.25) is 0 Å². The van der Waals surface area contributed by atoms with Crippen LogP contribution in [0.3, 0.4) is 0 Å². The molecule has 0 N–H and O–H groups in total. The van der Waals surface area contributed by atoms with Crippen LogP contribution in [0.15, 0.2) is 0 Å². The zero-order valence-corrected chi connectivity index (χ0v) is 8.99. The third kappa shape index (κ3) is 6.89. The topological polar surface area (TPSA) is 18.5 Å². The zero-order valence-electron chi connectivity index (χ0n) is 8.23. The van der Waals surface area contributed by atoms with Gasteiger partial charge in [-0.25, -0.2) is 0 Å². The average molecular weight is 195 g/mol. The van der Waals surface area contributed by atoms with Gasteiger partial charge in [0.1, 0.15) is 0 Å². The molecule has 0 aromatic heterocycles. The molecule has 0 aromatic rings. The molecule has 0 aliphatic carbocycles. The maximum atomic E-state index is 5.75. The summed E-state index contributed by atoms with van der Waals surface area (Å²) in [6.45, 7) is 6.39. The molecule has 0 amide bonds. The van der Waals surface area contributed by atoms with Crippen molar-refractivity contribution in [2.45, 2.75) is 20.3 Å². The lowest BCUT2D eigenvalue weighted by atomic mass is 9.93. The predicted molar refractivity (Wildman–Crippen MR) is 51.8 cm³/mol. The molecule has 0 atom stereocenters. The Kier molecular flexibility index (Phi) is 6.81. The molecule has 0 aliphatic heterocycles. The standard InChI is InChI=1S/C9H19ClO2/c1-9(2,8-10)4-5-12-7-6-11-3/h4-8H2,1-3H3. The van der Waals surface area contributed by atoms with Crippen LogP contribution in [-0.2, 0) is 9.47 Å². The molecule has 0 radical (unpaired) electrons. The number of ether oxygens (including phenoxy) is 2. The second kappa shape index (κ2) is 6.70. The molecule has 2 nitrogen and oxygen atoms in total. The molecule has 0 saturated carbocycles. The Morgan fingerprint density at radius 2 is 1.83 bits per heavy atom. The van der Waals surface area contributed by atoms with E-state index in [2.05, 4.69) is 13.8 Å². The molecule has 0 bridgehead atoms. The van der Waals surface area contributed by atoms with Crippen LogP contribution in [0.1, 0.15) is 20.3 Å². The van der Waals surface area contributed by atoms with E-state index in [1.54, 1.807) is 7.11 Å². The molecular formula is C9H19ClO2. The molecule has 0 spiro atoms. The number of hydrogen-bond acceptors (Lipinski definition) is 2. The van der Waals surface area contributed by atoms with Crippen molar-refractivity contribution in [3.8, 4) is 0 Å². The van der Waals surface area contributed by atoms with Gasteiger partial charge < -0.3 is 9.47 Å². The molecule has 0 unspecified atom stereocenters. The Labute approximate surface area is 80.2 Å². The molecule has 74 valence electrons. The van der Waals surface area contributed by atoms with Crippen LogP contribution in [-0.4, -0.2) is 32.8 Å². The number of methoxy groups -OCH3 is 1. The highest BCUT2D eigenvalue weighted by Gasteiger charge is 2.15. The van der Waals surface area contributed by atoms with E-state index in [1.165, 1.54) is 0 Å². The fourth-order valence-electron chi connectivity index (χ4n) is 0.660. The summed E-state index contributed by atoms with van der Waals surface area (Å²) in [5.74, 6) is 0.681. The molecule has 0 aromatic carbocycles. The lowest BCUT2D eigenvalue weighted by molar-refractivity contribution is 0.0584. The zero-order chi connectivity index (χ0) is 9.45. The van der Waals surface area contributed by atoms with Gasteiger partial charge in [0.15, 0.2) is 0 Å². The van der Waals surface area contributed by atoms with E-state index in [0.29, 0.717) is 19.1 Å². The second-order valence-corrected chi connectivity index (χ2v) is 3.92. The van der Waals surface area contributed by atoms with Gasteiger partial charge in [-0.15, -0.1) is 11.6 Å². The molecule has 0 saturated heterocycles. The van der Waals surface area contributed by atoms with Gasteiger partial charge in [-0.1, -0.05) is 13.8 Å². The maximum absolute atomic E-state index is 5.75. The Morgan fingerprint density at radius 1 is 1.17 bits per heavy atom. The van der Waals surface area contributed by atoms with E-state index in [9.17, 15) is 0 Å². The Hall–Kier alpha value is 0.210. The first-order valence-corrected chi connectivity index (χ1v) is 4.78. The minimum absolute atomic E-state index is 0.189. The average Bonchev–Trinajstić information content (AvgIpc) is 2.04. The fraction of sp³-hybridized carbons (Fsp3) is 1.00. The first kappa shape index (κ1) is 12.2. The van der Waals surface area contributed by atoms with Crippen molar-refractivity contribution < 1.29 is 9.47 Å². The van der Waals surface area contributed by atoms with Gasteiger partial charge in [-0.05, 0) is 11.8 Å². The van der Waals surface area contributed by atoms with Crippen molar-refractivity contribution in [2.24, 2.45) is 5.41 Å². The van der Waals surface area contributed by atoms with Crippen molar-refractivity contribution in [1.82, 2.24) is 0 Å². The summed E-state index contributed by atoms with van der Waals surface area (Å²) in [5.41, 5.74) is 0.189. The Bertz CT molecular complexity index is 105. The van der Waals surface area contributed by atoms with Crippen LogP contribution in [0.4, 0.5) is 0 Å². The van der Waals surface area contributed by atoms with Gasteiger partial charge in [0.25, 0.3) is 0 Å². The van der Waals surface area contributed by atoms with Gasteiger partial charge in [0, 0.05) is 19.6 Å². The lowest BCUT2D eigenvalue weighted by Crippen LogP contribution is -2.17. The van der Waals surface area contributed by atoms with E-state index in [1.807, 2.05) is 0 Å². The number of halogens is 1. The molecule has 3 heteroatoms. The van der Waals surface area contributed by atoms with Crippen molar-refractivity contribution in [2.75, 3.05) is 32.8 Å². The smallest absolute Gasteiger partial charge is 0.0700 e. The highest BCUT2D eigenvalue weighted by molar-refractivity contribution is 6.18. The summed E-state index contributed by atoms with van der Waals surface area (Å²) >= 11 is 5.75. The van der Waals surface area contributed by atoms with Gasteiger partial charge in [0.05, 0.1) is 13.2 Å². The number of rotatable bonds is 7. The van der Waals surface area contributed by atoms with E-state index in [0.717, 1.165) is 13.0 Å². The Balaban J connectivity index is 3.19. The van der Waals surface area contributed by atoms with Crippen molar-refractivity contribution in [1.29, 1.82) is 0 Å². The molecular weight excluding hydrogens is 176 g/mol. The molecule has 0 rings (SSSR count). The predicted octanol–water partition coefficient (Wildman–Crippen LogP) is 2.30. The summed E-state index contributed by atoms with van der Waals surface area (Å²) in [6.07, 6.45) is 1.00. The van der Waals surface area contributed by atoms with Gasteiger partial charge in [-0.2, -0.15) is 0 Å². The quantitative estimate of drug-likeness (QED) is 0.458. The lowest BCUT2D eigenvalue weighted by Gasteiger charge is -2.20. The van der Waals surface area contributed by atoms with Crippen LogP contribution < -0.4 is 0 Å². The minimum atomic E-state index is 0.189. The van der Waals surface area contributed by atoms with E-state index >= 15 is 0 Å². The molecule has 12 heavy (non-hydrogen) atoms. The minimum Gasteiger partial charge on any atom is -0.382 e. The summed E-state index contributed by atoms with van der Waals surface area (Å²) in [4.78, 5) is 0. The summed E-state index contributed by atoms with van der Waals surface area (Å²) < 4.78 is 10.2. The van der Waals surface area contributed by atoms with E-state index < -0.39 is 0 Å². The highest BCUT2D eigenvalue weighted by Crippen LogP contribution is 2.21. The van der Waals surface area contributed by atoms with Crippen molar-refractivity contribution in [3.63, 3.8) is 0 Å². The van der Waals surface area contributed by atoms with Crippen LogP contribution >= 0.6 is 11.6 Å². The Morgan fingerprint density at radius 3 is 2.33 bits per heavy atom. The van der Waals surface area contributed by atoms with Crippen LogP contribution in [0.2, 0.25) is 0 Å². The third-order valence-corrected chi connectivity index (χ3v) is 2.44. The molecule has 0 aliphatic rings. The van der Waals surface area contributed by atoms with E-state index in [4.69, 9.17) is 21.1 Å². The van der Waals surface area contributed by atoms with Gasteiger partial charge in [0.2, 0.25) is 0 Å². The first-order chi connectivity index (χ1) is 5.62. The number of alkyl halides is 1. The summed E-state index contributed by atoms with van der Waals surface area (Å²) in [7, 11) is 1.67. The SMILES string of the molecule is COCCOCCC(C)(C)CCl. The van der Waals surface area contributed by atoms with Crippen LogP contribution in [0.25, 0.3) is 0 Å². The summed E-state index contributed by atoms with van der Waals surface area (Å²) in [5, 5.41) is 0. The molecule has 0 fully saturated rings. The highest BCUT2D eigenvalue weighted by atomic mass is 35.5. The second-order valence-electron chi connectivity index (χ2n) is 3.65. The monoisotopic (exact) mass is 194 g/mol. The number of hydrogen-bond donors (Lipinski definition) is 0. The molecule has 0 heterocycles. The van der Waals surface area contributed by atoms with Crippen LogP contribution in [0.5, 0.6) is 0 Å². The van der Waals surface area contributed by atoms with Crippen LogP contribution in [0, 0.1) is 5.41 Å². The summed E-state index contributed by atoms with van der Waals surface area (Å²) in [6, 6.07) is 0. The first-order valence-electron chi connectivity index (χ1n) is 4.25. The normalized spacial score (nSPS) is 12.0. The van der Waals surface area contributed by atoms with Gasteiger partial charge >= 0.3 is 0 Å². The van der Waals surface area contributed by atoms with Crippen molar-refractivity contribution in [3.05, 3.63) is 0 Å². The maximum Gasteiger partial charge on any atom is 0.0700 e.